The van der Waals surface area contributed by atoms with E-state index in [4.69, 9.17) is 0 Å². The average molecular weight is 288 g/mol. The highest BCUT2D eigenvalue weighted by molar-refractivity contribution is 7.89. The Labute approximate surface area is 113 Å². The van der Waals surface area contributed by atoms with Gasteiger partial charge in [-0.05, 0) is 26.3 Å². The Hall–Kier alpha value is -0.430. The first-order chi connectivity index (χ1) is 8.46. The summed E-state index contributed by atoms with van der Waals surface area (Å²) in [5.41, 5.74) is 0. The zero-order valence-corrected chi connectivity index (χ0v) is 12.7. The minimum atomic E-state index is -3.33. The number of rotatable bonds is 5. The second kappa shape index (κ2) is 5.28. The van der Waals surface area contributed by atoms with E-state index in [1.807, 2.05) is 20.8 Å². The summed E-state index contributed by atoms with van der Waals surface area (Å²) < 4.78 is 27.1. The lowest BCUT2D eigenvalue weighted by Crippen LogP contribution is -2.58. The number of sulfonamides is 1. The van der Waals surface area contributed by atoms with E-state index in [9.17, 15) is 8.42 Å². The van der Waals surface area contributed by atoms with E-state index in [0.29, 0.717) is 11.4 Å². The maximum atomic E-state index is 12.7. The average Bonchev–Trinajstić information content (AvgIpc) is 2.55. The largest absolute Gasteiger partial charge is 0.313 e. The van der Waals surface area contributed by atoms with Crippen LogP contribution in [0.15, 0.2) is 11.0 Å². The molecule has 102 valence electrons. The molecular weight excluding hydrogens is 268 g/mol. The smallest absolute Gasteiger partial charge is 0.244 e. The van der Waals surface area contributed by atoms with E-state index in [1.54, 1.807) is 21.7 Å². The minimum Gasteiger partial charge on any atom is -0.313 e. The molecule has 1 saturated heterocycles. The van der Waals surface area contributed by atoms with Gasteiger partial charge >= 0.3 is 0 Å². The van der Waals surface area contributed by atoms with Gasteiger partial charge in [-0.15, -0.1) is 11.3 Å². The number of thiophene rings is 1. The van der Waals surface area contributed by atoms with Crippen LogP contribution >= 0.6 is 11.3 Å². The third-order valence-electron chi connectivity index (χ3n) is 3.19. The fourth-order valence-corrected chi connectivity index (χ4v) is 5.43. The molecule has 0 amide bonds. The fraction of sp³-hybridized carbons (Fsp3) is 0.667. The minimum absolute atomic E-state index is 0.120. The zero-order chi connectivity index (χ0) is 13.3. The molecule has 0 bridgehead atoms. The van der Waals surface area contributed by atoms with Crippen LogP contribution in [0.5, 0.6) is 0 Å². The topological polar surface area (TPSA) is 49.4 Å². The van der Waals surface area contributed by atoms with Crippen molar-refractivity contribution in [3.05, 3.63) is 15.8 Å². The van der Waals surface area contributed by atoms with Gasteiger partial charge in [-0.3, -0.25) is 0 Å². The van der Waals surface area contributed by atoms with Crippen LogP contribution in [0.25, 0.3) is 0 Å². The van der Waals surface area contributed by atoms with E-state index in [2.05, 4.69) is 5.32 Å². The lowest BCUT2D eigenvalue weighted by Gasteiger charge is -2.37. The van der Waals surface area contributed by atoms with Gasteiger partial charge in [-0.25, -0.2) is 8.42 Å². The second-order valence-corrected chi connectivity index (χ2v) is 8.02. The van der Waals surface area contributed by atoms with Crippen molar-refractivity contribution in [2.24, 2.45) is 0 Å². The summed E-state index contributed by atoms with van der Waals surface area (Å²) in [7, 11) is -3.33. The molecule has 0 spiro atoms. The van der Waals surface area contributed by atoms with Gasteiger partial charge in [-0.1, -0.05) is 6.92 Å². The van der Waals surface area contributed by atoms with E-state index in [-0.39, 0.29) is 6.04 Å². The number of nitrogens with one attached hydrogen (secondary N) is 1. The predicted molar refractivity (Wildman–Crippen MR) is 74.6 cm³/mol. The molecule has 1 aliphatic rings. The van der Waals surface area contributed by atoms with Gasteiger partial charge in [0.25, 0.3) is 0 Å². The molecule has 6 heteroatoms. The molecule has 1 aromatic rings. The van der Waals surface area contributed by atoms with Crippen molar-refractivity contribution in [2.45, 2.75) is 38.1 Å². The Bertz CT molecular complexity index is 518. The van der Waals surface area contributed by atoms with Crippen LogP contribution in [0.2, 0.25) is 0 Å². The summed E-state index contributed by atoms with van der Waals surface area (Å²) in [6.07, 6.45) is 0.845. The summed E-state index contributed by atoms with van der Waals surface area (Å²) in [6.45, 7) is 7.98. The van der Waals surface area contributed by atoms with Crippen molar-refractivity contribution in [1.82, 2.24) is 9.62 Å². The second-order valence-electron chi connectivity index (χ2n) is 4.71. The molecule has 1 aromatic heterocycles. The Morgan fingerprint density at radius 2 is 2.11 bits per heavy atom. The highest BCUT2D eigenvalue weighted by Crippen LogP contribution is 2.29. The van der Waals surface area contributed by atoms with Gasteiger partial charge in [0.05, 0.1) is 10.9 Å². The predicted octanol–water partition coefficient (Wildman–Crippen LogP) is 1.74. The monoisotopic (exact) mass is 288 g/mol. The maximum absolute atomic E-state index is 12.7. The first-order valence-electron chi connectivity index (χ1n) is 6.26. The van der Waals surface area contributed by atoms with Crippen molar-refractivity contribution >= 4 is 21.4 Å². The third kappa shape index (κ3) is 2.47. The normalized spacial score (nSPS) is 17.1. The maximum Gasteiger partial charge on any atom is 0.244 e. The van der Waals surface area contributed by atoms with Gasteiger partial charge in [0.1, 0.15) is 0 Å². The molecule has 2 heterocycles. The Balaban J connectivity index is 2.35. The van der Waals surface area contributed by atoms with E-state index in [0.717, 1.165) is 29.3 Å². The molecule has 1 N–H and O–H groups in total. The number of nitrogens with zero attached hydrogens (tertiary/aromatic N) is 1. The molecule has 0 aromatic carbocycles. The van der Waals surface area contributed by atoms with Gasteiger partial charge in [0.15, 0.2) is 0 Å². The zero-order valence-electron chi connectivity index (χ0n) is 11.1. The summed E-state index contributed by atoms with van der Waals surface area (Å²) in [4.78, 5) is 2.43. The lowest BCUT2D eigenvalue weighted by molar-refractivity contribution is 0.242. The molecule has 0 atom stereocenters. The van der Waals surface area contributed by atoms with Gasteiger partial charge < -0.3 is 5.32 Å². The Morgan fingerprint density at radius 3 is 2.50 bits per heavy atom. The quantitative estimate of drug-likeness (QED) is 0.898. The molecule has 1 fully saturated rings. The van der Waals surface area contributed by atoms with Crippen molar-refractivity contribution in [3.63, 3.8) is 0 Å². The molecule has 4 nitrogen and oxygen atoms in total. The number of hydrogen-bond donors (Lipinski definition) is 1. The van der Waals surface area contributed by atoms with Crippen molar-refractivity contribution < 1.29 is 8.42 Å². The third-order valence-corrected chi connectivity index (χ3v) is 6.37. The first kappa shape index (κ1) is 14.0. The highest BCUT2D eigenvalue weighted by Gasteiger charge is 2.35. The molecule has 0 radical (unpaired) electrons. The molecule has 0 saturated carbocycles. The standard InChI is InChI=1S/C12H20N2O2S2/c1-4-5-14(11-7-13-8-11)18(15,16)12-6-9(2)17-10(12)3/h6,11,13H,4-5,7-8H2,1-3H3. The van der Waals surface area contributed by atoms with E-state index < -0.39 is 10.0 Å². The SMILES string of the molecule is CCCN(C1CNC1)S(=O)(=O)c1cc(C)sc1C. The van der Waals surface area contributed by atoms with Crippen molar-refractivity contribution in [2.75, 3.05) is 19.6 Å². The van der Waals surface area contributed by atoms with Crippen LogP contribution in [0, 0.1) is 13.8 Å². The molecular formula is C12H20N2O2S2. The van der Waals surface area contributed by atoms with Gasteiger partial charge in [0.2, 0.25) is 10.0 Å². The lowest BCUT2D eigenvalue weighted by atomic mass is 10.2. The fourth-order valence-electron chi connectivity index (χ4n) is 2.19. The van der Waals surface area contributed by atoms with Gasteiger partial charge in [0, 0.05) is 29.4 Å². The highest BCUT2D eigenvalue weighted by atomic mass is 32.2. The number of hydrogen-bond acceptors (Lipinski definition) is 4. The van der Waals surface area contributed by atoms with Crippen LogP contribution in [-0.4, -0.2) is 38.4 Å². The molecule has 0 unspecified atom stereocenters. The van der Waals surface area contributed by atoms with Crippen LogP contribution in [0.4, 0.5) is 0 Å². The summed E-state index contributed by atoms with van der Waals surface area (Å²) in [5.74, 6) is 0. The molecule has 1 aliphatic heterocycles. The van der Waals surface area contributed by atoms with Crippen LogP contribution < -0.4 is 5.32 Å². The van der Waals surface area contributed by atoms with Crippen LogP contribution in [-0.2, 0) is 10.0 Å². The van der Waals surface area contributed by atoms with Gasteiger partial charge in [-0.2, -0.15) is 4.31 Å². The first-order valence-corrected chi connectivity index (χ1v) is 8.52. The van der Waals surface area contributed by atoms with Crippen molar-refractivity contribution in [1.29, 1.82) is 0 Å². The van der Waals surface area contributed by atoms with Crippen molar-refractivity contribution in [3.8, 4) is 0 Å². The summed E-state index contributed by atoms with van der Waals surface area (Å²) >= 11 is 1.55. The Morgan fingerprint density at radius 1 is 1.44 bits per heavy atom. The summed E-state index contributed by atoms with van der Waals surface area (Å²) in [5, 5.41) is 3.14. The molecule has 0 aliphatic carbocycles. The number of aryl methyl sites for hydroxylation is 2. The van der Waals surface area contributed by atoms with Crippen LogP contribution in [0.3, 0.4) is 0 Å². The van der Waals surface area contributed by atoms with E-state index >= 15 is 0 Å². The molecule has 2 rings (SSSR count). The molecule has 18 heavy (non-hydrogen) atoms. The van der Waals surface area contributed by atoms with Crippen LogP contribution in [0.1, 0.15) is 23.1 Å². The Kier molecular flexibility index (Phi) is 4.11. The summed E-state index contributed by atoms with van der Waals surface area (Å²) in [6, 6.07) is 1.92. The van der Waals surface area contributed by atoms with E-state index in [1.165, 1.54) is 0 Å².